The Bertz CT molecular complexity index is 3130. The number of nitrogens with two attached hydrogens (primary N) is 1. The minimum Gasteiger partial charge on any atom is -0.445 e. The Morgan fingerprint density at radius 2 is 1.01 bits per heavy atom. The Morgan fingerprint density at radius 3 is 1.46 bits per heavy atom. The van der Waals surface area contributed by atoms with Gasteiger partial charge < -0.3 is 104 Å². The Hall–Kier alpha value is -8.26. The molecule has 29 heteroatoms. The van der Waals surface area contributed by atoms with Crippen molar-refractivity contribution in [2.45, 2.75) is 176 Å². The van der Waals surface area contributed by atoms with Crippen molar-refractivity contribution in [1.82, 2.24) is 26.6 Å². The SMILES string of the molecule is CCCCO[C@H](CN=[N+]=[N-])[C@@H](OCCCC)C(=O)N[C@@H]1C[C@H](N)[C@@H](O[C@H]2O[C@H](CNC(=O)OCc3ccccc3)C=C[C@H]2NC(=O)OCc2ccccc2)[C@H](O[C@@H]2O[C@H](CO)[C@@H](O[C@H]3O[C@@H](CNC(=O)OCc4ccccc4)C=C[C@H]3NC(=O)OCc3ccccc3)[C@H]2O)[C@H]1O. The van der Waals surface area contributed by atoms with Crippen LogP contribution in [0.4, 0.5) is 19.2 Å². The standard InChI is InChI=1S/C67H87N9O20/c1-3-5-31-85-52(36-72-76-69)58(86-32-6-4-2)60(80)73-51-33-48(68)56(94-61-49(74-66(83)89-40-44-23-15-9-16-24-44)29-27-46(91-61)34-70-64(81)87-38-42-19-11-7-12-20-42)59(54(51)78)96-63-55(79)57(53(37-77)93-63)95-62-50(75-67(84)90-41-45-25-17-10-18-26-45)30-28-47(92-62)35-71-65(82)88-39-43-21-13-8-14-22-43/h7-30,46-59,61-63,77-79H,3-6,31-41,68H2,1-2H3,(H,70,81)(H,71,82)(H,73,80)(H,74,83)(H,75,84)/t46-,47+,48-,49+,50+,51+,52+,53+,54-,55+,56+,57+,58+,59+,61+,62+,63-/m0/s1. The van der Waals surface area contributed by atoms with Crippen LogP contribution < -0.4 is 32.3 Å². The van der Waals surface area contributed by atoms with Gasteiger partial charge in [0.1, 0.15) is 75.1 Å². The molecule has 4 aliphatic rings. The summed E-state index contributed by atoms with van der Waals surface area (Å²) in [6.07, 6.45) is -13.5. The third kappa shape index (κ3) is 23.0. The van der Waals surface area contributed by atoms with Gasteiger partial charge in [-0.15, -0.1) is 0 Å². The summed E-state index contributed by atoms with van der Waals surface area (Å²) in [5.41, 5.74) is 19.3. The van der Waals surface area contributed by atoms with Crippen LogP contribution in [0.1, 0.15) is 68.2 Å². The second-order valence-electron chi connectivity index (χ2n) is 23.0. The van der Waals surface area contributed by atoms with E-state index >= 15 is 0 Å². The van der Waals surface area contributed by atoms with Gasteiger partial charge in [-0.2, -0.15) is 0 Å². The molecule has 29 nitrogen and oxygen atoms in total. The van der Waals surface area contributed by atoms with Gasteiger partial charge in [0, 0.05) is 24.2 Å². The fourth-order valence-corrected chi connectivity index (χ4v) is 10.7. The first-order valence-corrected chi connectivity index (χ1v) is 32.1. The molecule has 0 spiro atoms. The molecule has 1 saturated heterocycles. The van der Waals surface area contributed by atoms with E-state index < -0.39 is 141 Å². The van der Waals surface area contributed by atoms with E-state index in [-0.39, 0.29) is 65.7 Å². The topological polar surface area (TPSA) is 392 Å². The number of amides is 5. The van der Waals surface area contributed by atoms with Crippen LogP contribution in [0.25, 0.3) is 10.4 Å². The molecule has 1 aliphatic carbocycles. The van der Waals surface area contributed by atoms with Gasteiger partial charge >= 0.3 is 24.4 Å². The Balaban J connectivity index is 1.06. The number of hydrogen-bond acceptors (Lipinski definition) is 22. The minimum absolute atomic E-state index is 0.0128. The van der Waals surface area contributed by atoms with Crippen LogP contribution in [0.2, 0.25) is 0 Å². The van der Waals surface area contributed by atoms with Crippen molar-refractivity contribution in [3.63, 3.8) is 0 Å². The highest BCUT2D eigenvalue weighted by Crippen LogP contribution is 2.35. The van der Waals surface area contributed by atoms with Crippen molar-refractivity contribution in [3.05, 3.63) is 178 Å². The van der Waals surface area contributed by atoms with Gasteiger partial charge in [0.05, 0.1) is 50.6 Å². The van der Waals surface area contributed by atoms with E-state index in [9.17, 15) is 44.8 Å². The largest absolute Gasteiger partial charge is 0.445 e. The van der Waals surface area contributed by atoms with Crippen molar-refractivity contribution in [3.8, 4) is 0 Å². The van der Waals surface area contributed by atoms with Crippen molar-refractivity contribution in [2.24, 2.45) is 10.8 Å². The first-order chi connectivity index (χ1) is 46.7. The number of nitrogens with zero attached hydrogens (tertiary/aromatic N) is 3. The molecule has 96 heavy (non-hydrogen) atoms. The van der Waals surface area contributed by atoms with E-state index in [1.165, 1.54) is 0 Å². The number of aliphatic hydroxyl groups excluding tert-OH is 3. The van der Waals surface area contributed by atoms with Crippen LogP contribution in [0.15, 0.2) is 151 Å². The molecule has 10 N–H and O–H groups in total. The van der Waals surface area contributed by atoms with Crippen LogP contribution in [-0.4, -0.2) is 189 Å². The lowest BCUT2D eigenvalue weighted by molar-refractivity contribution is -0.281. The maximum absolute atomic E-state index is 14.7. The number of carbonyl (C=O) groups excluding carboxylic acids is 5. The smallest absolute Gasteiger partial charge is 0.408 e. The molecule has 4 aromatic carbocycles. The van der Waals surface area contributed by atoms with Gasteiger partial charge in [0.15, 0.2) is 25.0 Å². The average molecular weight is 1340 g/mol. The van der Waals surface area contributed by atoms with Crippen molar-refractivity contribution < 1.29 is 96.1 Å². The lowest BCUT2D eigenvalue weighted by atomic mass is 9.83. The van der Waals surface area contributed by atoms with Crippen LogP contribution in [0, 0.1) is 0 Å². The molecular weight excluding hydrogens is 1250 g/mol. The fraction of sp³-hybridized carbons (Fsp3) is 0.507. The number of aliphatic hydroxyl groups is 3. The predicted molar refractivity (Wildman–Crippen MR) is 342 cm³/mol. The average Bonchev–Trinajstić information content (AvgIpc) is 1.36. The Morgan fingerprint density at radius 1 is 0.573 bits per heavy atom. The highest BCUT2D eigenvalue weighted by molar-refractivity contribution is 5.82. The van der Waals surface area contributed by atoms with E-state index in [2.05, 4.69) is 36.6 Å². The quantitative estimate of drug-likeness (QED) is 0.00697. The Kier molecular flexibility index (Phi) is 29.9. The van der Waals surface area contributed by atoms with E-state index in [0.29, 0.717) is 30.4 Å². The van der Waals surface area contributed by atoms with E-state index in [0.717, 1.165) is 17.5 Å². The van der Waals surface area contributed by atoms with Gasteiger partial charge in [-0.3, -0.25) is 4.79 Å². The van der Waals surface area contributed by atoms with Gasteiger partial charge in [-0.05, 0) is 47.0 Å². The normalized spacial score (nSPS) is 26.6. The molecule has 0 unspecified atom stereocenters. The Labute approximate surface area is 556 Å². The third-order valence-electron chi connectivity index (χ3n) is 15.8. The van der Waals surface area contributed by atoms with Crippen molar-refractivity contribution in [2.75, 3.05) is 39.5 Å². The zero-order chi connectivity index (χ0) is 68.0. The molecule has 0 aromatic heterocycles. The van der Waals surface area contributed by atoms with Crippen molar-refractivity contribution >= 4 is 30.3 Å². The number of hydrogen-bond donors (Lipinski definition) is 9. The lowest BCUT2D eigenvalue weighted by Gasteiger charge is -2.46. The number of benzene rings is 4. The molecule has 5 amide bonds. The molecule has 520 valence electrons. The summed E-state index contributed by atoms with van der Waals surface area (Å²) in [6, 6.07) is 31.2. The second kappa shape index (κ2) is 39.1. The molecule has 8 rings (SSSR count). The summed E-state index contributed by atoms with van der Waals surface area (Å²) in [7, 11) is 0. The number of carbonyl (C=O) groups is 5. The summed E-state index contributed by atoms with van der Waals surface area (Å²) in [5, 5.41) is 53.4. The van der Waals surface area contributed by atoms with Crippen LogP contribution >= 0.6 is 0 Å². The highest BCUT2D eigenvalue weighted by atomic mass is 16.8. The van der Waals surface area contributed by atoms with Gasteiger partial charge in [-0.1, -0.05) is 177 Å². The van der Waals surface area contributed by atoms with Crippen LogP contribution in [-0.2, 0) is 88.1 Å². The first-order valence-electron chi connectivity index (χ1n) is 32.1. The van der Waals surface area contributed by atoms with Gasteiger partial charge in [-0.25, -0.2) is 19.2 Å². The maximum atomic E-state index is 14.7. The van der Waals surface area contributed by atoms with Gasteiger partial charge in [0.25, 0.3) is 5.91 Å². The molecule has 0 radical (unpaired) electrons. The summed E-state index contributed by atoms with van der Waals surface area (Å²) >= 11 is 0. The molecule has 1 saturated carbocycles. The maximum Gasteiger partial charge on any atom is 0.408 e. The zero-order valence-corrected chi connectivity index (χ0v) is 53.5. The van der Waals surface area contributed by atoms with E-state index in [1.807, 2.05) is 38.1 Å². The lowest BCUT2D eigenvalue weighted by Crippen LogP contribution is -2.67. The molecule has 4 aromatic rings. The molecule has 17 atom stereocenters. The van der Waals surface area contributed by atoms with Crippen molar-refractivity contribution in [1.29, 1.82) is 0 Å². The van der Waals surface area contributed by atoms with E-state index in [1.54, 1.807) is 121 Å². The third-order valence-corrected chi connectivity index (χ3v) is 15.8. The number of rotatable bonds is 34. The minimum atomic E-state index is -1.86. The molecular formula is C67H87N9O20. The monoisotopic (exact) mass is 1340 g/mol. The number of alkyl carbamates (subject to hydrolysis) is 4. The predicted octanol–water partition coefficient (Wildman–Crippen LogP) is 5.48. The molecule has 3 heterocycles. The zero-order valence-electron chi connectivity index (χ0n) is 53.5. The second-order valence-corrected chi connectivity index (χ2v) is 23.0. The number of azide groups is 1. The summed E-state index contributed by atoms with van der Waals surface area (Å²) in [4.78, 5) is 70.4. The summed E-state index contributed by atoms with van der Waals surface area (Å²) in [5.74, 6) is -0.760. The first kappa shape index (κ1) is 73.5. The highest BCUT2D eigenvalue weighted by Gasteiger charge is 2.54. The molecule has 2 fully saturated rings. The number of unbranched alkanes of at least 4 members (excludes halogenated alkanes) is 2. The van der Waals surface area contributed by atoms with Gasteiger partial charge in [0.2, 0.25) is 0 Å². The number of nitrogens with one attached hydrogen (secondary N) is 5. The molecule has 0 bridgehead atoms. The number of ether oxygens (including phenoxy) is 12. The fourth-order valence-electron chi connectivity index (χ4n) is 10.7. The van der Waals surface area contributed by atoms with E-state index in [4.69, 9.17) is 62.6 Å². The van der Waals surface area contributed by atoms with Crippen LogP contribution in [0.3, 0.4) is 0 Å². The summed E-state index contributed by atoms with van der Waals surface area (Å²) in [6.45, 7) is 2.60. The summed E-state index contributed by atoms with van der Waals surface area (Å²) < 4.78 is 72.9. The molecule has 3 aliphatic heterocycles. The van der Waals surface area contributed by atoms with Crippen LogP contribution in [0.5, 0.6) is 0 Å².